The van der Waals surface area contributed by atoms with Crippen molar-refractivity contribution in [1.29, 1.82) is 0 Å². The van der Waals surface area contributed by atoms with Gasteiger partial charge in [0.2, 0.25) is 5.91 Å². The van der Waals surface area contributed by atoms with Gasteiger partial charge in [0.1, 0.15) is 0 Å². The van der Waals surface area contributed by atoms with E-state index in [1.165, 1.54) is 0 Å². The lowest BCUT2D eigenvalue weighted by atomic mass is 10.1. The molecule has 5 heteroatoms. The molecule has 1 N–H and O–H groups in total. The van der Waals surface area contributed by atoms with Crippen LogP contribution < -0.4 is 5.32 Å². The van der Waals surface area contributed by atoms with Crippen LogP contribution in [0.1, 0.15) is 12.8 Å². The third-order valence-corrected chi connectivity index (χ3v) is 2.63. The molecule has 1 atom stereocenters. The number of methoxy groups -OCH3 is 1. The first-order valence-corrected chi connectivity index (χ1v) is 5.20. The Morgan fingerprint density at radius 3 is 2.87 bits per heavy atom. The molecule has 90 valence electrons. The molecule has 1 heterocycles. The number of nitrogens with zero attached hydrogens (tertiary/aromatic N) is 1. The molecule has 1 amide bonds. The molecular formula is C10H21ClN2O2. The maximum atomic E-state index is 11.8. The minimum atomic E-state index is 0. The van der Waals surface area contributed by atoms with E-state index in [-0.39, 0.29) is 24.2 Å². The summed E-state index contributed by atoms with van der Waals surface area (Å²) in [5.74, 6) is 0.466. The van der Waals surface area contributed by atoms with E-state index in [4.69, 9.17) is 4.74 Å². The average molecular weight is 237 g/mol. The summed E-state index contributed by atoms with van der Waals surface area (Å²) in [5.41, 5.74) is 0. The Labute approximate surface area is 97.8 Å². The highest BCUT2D eigenvalue weighted by Crippen LogP contribution is 2.10. The van der Waals surface area contributed by atoms with Crippen molar-refractivity contribution < 1.29 is 9.53 Å². The van der Waals surface area contributed by atoms with Gasteiger partial charge in [0, 0.05) is 33.9 Å². The van der Waals surface area contributed by atoms with Gasteiger partial charge in [0.25, 0.3) is 0 Å². The van der Waals surface area contributed by atoms with Gasteiger partial charge in [-0.1, -0.05) is 0 Å². The maximum absolute atomic E-state index is 11.8. The second kappa shape index (κ2) is 7.91. The minimum absolute atomic E-state index is 0. The fourth-order valence-electron chi connectivity index (χ4n) is 1.73. The first kappa shape index (κ1) is 14.7. The largest absolute Gasteiger partial charge is 0.385 e. The average Bonchev–Trinajstić information content (AvgIpc) is 2.69. The Bertz CT molecular complexity index is 184. The van der Waals surface area contributed by atoms with Gasteiger partial charge in [-0.25, -0.2) is 0 Å². The lowest BCUT2D eigenvalue weighted by Crippen LogP contribution is -2.35. The minimum Gasteiger partial charge on any atom is -0.385 e. The van der Waals surface area contributed by atoms with Crippen LogP contribution >= 0.6 is 12.4 Å². The van der Waals surface area contributed by atoms with E-state index in [9.17, 15) is 4.79 Å². The van der Waals surface area contributed by atoms with Crippen LogP contribution in [0.15, 0.2) is 0 Å². The van der Waals surface area contributed by atoms with Gasteiger partial charge in [-0.3, -0.25) is 4.79 Å². The summed E-state index contributed by atoms with van der Waals surface area (Å²) in [4.78, 5) is 13.6. The summed E-state index contributed by atoms with van der Waals surface area (Å²) < 4.78 is 4.95. The molecule has 4 nitrogen and oxygen atoms in total. The van der Waals surface area contributed by atoms with E-state index >= 15 is 0 Å². The Hall–Kier alpha value is -0.320. The molecule has 0 aliphatic carbocycles. The Morgan fingerprint density at radius 1 is 1.60 bits per heavy atom. The van der Waals surface area contributed by atoms with Gasteiger partial charge in [0.05, 0.1) is 5.92 Å². The molecule has 0 aromatic carbocycles. The predicted molar refractivity (Wildman–Crippen MR) is 62.4 cm³/mol. The molecule has 1 aliphatic heterocycles. The van der Waals surface area contributed by atoms with Crippen molar-refractivity contribution in [1.82, 2.24) is 10.2 Å². The van der Waals surface area contributed by atoms with E-state index in [0.717, 1.165) is 39.1 Å². The van der Waals surface area contributed by atoms with E-state index in [1.807, 2.05) is 11.9 Å². The van der Waals surface area contributed by atoms with Crippen molar-refractivity contribution in [3.8, 4) is 0 Å². The van der Waals surface area contributed by atoms with E-state index in [1.54, 1.807) is 7.11 Å². The highest BCUT2D eigenvalue weighted by molar-refractivity contribution is 5.85. The summed E-state index contributed by atoms with van der Waals surface area (Å²) in [7, 11) is 3.55. The highest BCUT2D eigenvalue weighted by atomic mass is 35.5. The quantitative estimate of drug-likeness (QED) is 0.708. The number of carbonyl (C=O) groups is 1. The number of rotatable bonds is 5. The van der Waals surface area contributed by atoms with Crippen molar-refractivity contribution in [2.75, 3.05) is 40.4 Å². The van der Waals surface area contributed by atoms with Crippen molar-refractivity contribution in [2.24, 2.45) is 5.92 Å². The molecular weight excluding hydrogens is 216 g/mol. The molecule has 1 aliphatic rings. The summed E-state index contributed by atoms with van der Waals surface area (Å²) in [6, 6.07) is 0. The first-order valence-electron chi connectivity index (χ1n) is 5.20. The molecule has 1 rings (SSSR count). The van der Waals surface area contributed by atoms with Gasteiger partial charge >= 0.3 is 0 Å². The maximum Gasteiger partial charge on any atom is 0.226 e. The third-order valence-electron chi connectivity index (χ3n) is 2.63. The van der Waals surface area contributed by atoms with Crippen LogP contribution in [0.25, 0.3) is 0 Å². The van der Waals surface area contributed by atoms with Crippen molar-refractivity contribution in [3.63, 3.8) is 0 Å². The summed E-state index contributed by atoms with van der Waals surface area (Å²) in [6.07, 6.45) is 1.90. The highest BCUT2D eigenvalue weighted by Gasteiger charge is 2.24. The van der Waals surface area contributed by atoms with E-state index in [0.29, 0.717) is 0 Å². The summed E-state index contributed by atoms with van der Waals surface area (Å²) >= 11 is 0. The Kier molecular flexibility index (Phi) is 7.74. The number of hydrogen-bond donors (Lipinski definition) is 1. The van der Waals surface area contributed by atoms with E-state index < -0.39 is 0 Å². The fourth-order valence-corrected chi connectivity index (χ4v) is 1.73. The second-order valence-electron chi connectivity index (χ2n) is 3.80. The zero-order chi connectivity index (χ0) is 10.4. The van der Waals surface area contributed by atoms with Gasteiger partial charge in [-0.05, 0) is 19.4 Å². The number of ether oxygens (including phenoxy) is 1. The summed E-state index contributed by atoms with van der Waals surface area (Å²) in [5, 5.41) is 3.20. The van der Waals surface area contributed by atoms with Gasteiger partial charge in [-0.2, -0.15) is 0 Å². The van der Waals surface area contributed by atoms with Crippen LogP contribution in [0.2, 0.25) is 0 Å². The van der Waals surface area contributed by atoms with Gasteiger partial charge in [-0.15, -0.1) is 12.4 Å². The Morgan fingerprint density at radius 2 is 2.33 bits per heavy atom. The van der Waals surface area contributed by atoms with Crippen LogP contribution in [-0.4, -0.2) is 51.2 Å². The zero-order valence-corrected chi connectivity index (χ0v) is 10.3. The van der Waals surface area contributed by atoms with Crippen LogP contribution in [0.4, 0.5) is 0 Å². The van der Waals surface area contributed by atoms with Gasteiger partial charge in [0.15, 0.2) is 0 Å². The standard InChI is InChI=1S/C10H20N2O2.ClH/c1-12(6-3-7-14-2)10(13)9-4-5-11-8-9;/h9,11H,3-8H2,1-2H3;1H. The van der Waals surface area contributed by atoms with Crippen molar-refractivity contribution in [3.05, 3.63) is 0 Å². The number of carbonyl (C=O) groups excluding carboxylic acids is 1. The van der Waals surface area contributed by atoms with Crippen molar-refractivity contribution >= 4 is 18.3 Å². The number of amides is 1. The number of nitrogens with one attached hydrogen (secondary N) is 1. The van der Waals surface area contributed by atoms with Gasteiger partial charge < -0.3 is 15.0 Å². The van der Waals surface area contributed by atoms with E-state index in [2.05, 4.69) is 5.32 Å². The normalized spacial score (nSPS) is 19.7. The monoisotopic (exact) mass is 236 g/mol. The molecule has 15 heavy (non-hydrogen) atoms. The first-order chi connectivity index (χ1) is 6.75. The Balaban J connectivity index is 0.00000196. The molecule has 1 saturated heterocycles. The molecule has 0 aromatic rings. The lowest BCUT2D eigenvalue weighted by Gasteiger charge is -2.20. The SMILES string of the molecule is COCCCN(C)C(=O)C1CCNC1.Cl. The summed E-state index contributed by atoms with van der Waals surface area (Å²) in [6.45, 7) is 3.33. The lowest BCUT2D eigenvalue weighted by molar-refractivity contribution is -0.133. The topological polar surface area (TPSA) is 41.6 Å². The molecule has 1 unspecified atom stereocenters. The zero-order valence-electron chi connectivity index (χ0n) is 9.49. The molecule has 0 bridgehead atoms. The fraction of sp³-hybridized carbons (Fsp3) is 0.900. The van der Waals surface area contributed by atoms with Crippen LogP contribution in [0.3, 0.4) is 0 Å². The third kappa shape index (κ3) is 4.82. The van der Waals surface area contributed by atoms with Crippen molar-refractivity contribution in [2.45, 2.75) is 12.8 Å². The molecule has 0 radical (unpaired) electrons. The molecule has 1 fully saturated rings. The molecule has 0 aromatic heterocycles. The smallest absolute Gasteiger partial charge is 0.226 e. The number of halogens is 1. The van der Waals surface area contributed by atoms with Crippen LogP contribution in [0, 0.1) is 5.92 Å². The number of hydrogen-bond acceptors (Lipinski definition) is 3. The second-order valence-corrected chi connectivity index (χ2v) is 3.80. The predicted octanol–water partition coefficient (Wildman–Crippen LogP) is 0.513. The van der Waals surface area contributed by atoms with Crippen LogP contribution in [-0.2, 0) is 9.53 Å². The molecule has 0 saturated carbocycles. The van der Waals surface area contributed by atoms with Crippen LogP contribution in [0.5, 0.6) is 0 Å². The molecule has 0 spiro atoms.